The van der Waals surface area contributed by atoms with Crippen LogP contribution in [0.2, 0.25) is 0 Å². The number of nitrogens with one attached hydrogen (secondary N) is 1. The Balaban J connectivity index is 1.92. The Morgan fingerprint density at radius 2 is 2.28 bits per heavy atom. The summed E-state index contributed by atoms with van der Waals surface area (Å²) in [5, 5.41) is 11.0. The number of guanidine groups is 2. The third kappa shape index (κ3) is 1.66. The maximum Gasteiger partial charge on any atom is 0.221 e. The summed E-state index contributed by atoms with van der Waals surface area (Å²) in [5.41, 5.74) is 16.1. The van der Waals surface area contributed by atoms with Gasteiger partial charge >= 0.3 is 0 Å². The number of hydrogen-bond donors (Lipinski definition) is 3. The van der Waals surface area contributed by atoms with Gasteiger partial charge in [0.05, 0.1) is 5.70 Å². The Labute approximate surface area is 106 Å². The molecule has 1 atom stereocenters. The molecule has 0 bridgehead atoms. The second kappa shape index (κ2) is 3.91. The molecule has 1 aromatic heterocycles. The zero-order chi connectivity index (χ0) is 12.7. The normalized spacial score (nSPS) is 22.6. The fraction of sp³-hybridized carbons (Fsp3) is 0.250. The van der Waals surface area contributed by atoms with E-state index in [1.807, 2.05) is 5.41 Å². The summed E-state index contributed by atoms with van der Waals surface area (Å²) in [7, 11) is 0. The lowest BCUT2D eigenvalue weighted by molar-refractivity contribution is 0.301. The van der Waals surface area contributed by atoms with Crippen LogP contribution in [0.15, 0.2) is 20.0 Å². The standard InChI is InChI=1S/C8H10N8OS/c1-3-5(15-17-14-3)4-2-18-8-12-6(9)11-7(10)16(8)13-4/h2,8,13H,1H3,(H4,9,10,11,12). The summed E-state index contributed by atoms with van der Waals surface area (Å²) in [6.45, 7) is 1.80. The van der Waals surface area contributed by atoms with Gasteiger partial charge in [-0.1, -0.05) is 16.9 Å². The zero-order valence-electron chi connectivity index (χ0n) is 9.36. The molecule has 0 saturated carbocycles. The highest BCUT2D eigenvalue weighted by molar-refractivity contribution is 8.02. The molecule has 0 radical (unpaired) electrons. The highest BCUT2D eigenvalue weighted by atomic mass is 32.2. The van der Waals surface area contributed by atoms with Crippen LogP contribution in [0.3, 0.4) is 0 Å². The molecule has 3 rings (SSSR count). The number of aromatic nitrogens is 2. The van der Waals surface area contributed by atoms with Crippen molar-refractivity contribution in [2.45, 2.75) is 12.4 Å². The molecular formula is C8H10N8OS. The van der Waals surface area contributed by atoms with Gasteiger partial charge in [0.25, 0.3) is 0 Å². The minimum atomic E-state index is -0.272. The number of rotatable bonds is 1. The molecule has 0 amide bonds. The number of aliphatic imine (C=N–C) groups is 2. The number of nitrogens with zero attached hydrogens (tertiary/aromatic N) is 5. The van der Waals surface area contributed by atoms with Gasteiger partial charge in [-0.2, -0.15) is 4.99 Å². The van der Waals surface area contributed by atoms with E-state index in [9.17, 15) is 0 Å². The van der Waals surface area contributed by atoms with Crippen molar-refractivity contribution in [3.05, 3.63) is 16.8 Å². The summed E-state index contributed by atoms with van der Waals surface area (Å²) in [6, 6.07) is 0. The Morgan fingerprint density at radius 3 is 3.00 bits per heavy atom. The molecule has 2 aliphatic rings. The van der Waals surface area contributed by atoms with Gasteiger partial charge in [0.15, 0.2) is 11.2 Å². The average molecular weight is 266 g/mol. The van der Waals surface area contributed by atoms with E-state index >= 15 is 0 Å². The zero-order valence-corrected chi connectivity index (χ0v) is 10.2. The van der Waals surface area contributed by atoms with E-state index in [4.69, 9.17) is 11.5 Å². The molecule has 0 spiro atoms. The molecular weight excluding hydrogens is 256 g/mol. The van der Waals surface area contributed by atoms with Crippen molar-refractivity contribution in [1.82, 2.24) is 20.7 Å². The van der Waals surface area contributed by atoms with Crippen LogP contribution < -0.4 is 16.9 Å². The average Bonchev–Trinajstić information content (AvgIpc) is 2.75. The number of aryl methyl sites for hydroxylation is 1. The molecule has 0 saturated heterocycles. The quantitative estimate of drug-likeness (QED) is 0.599. The molecule has 10 heteroatoms. The van der Waals surface area contributed by atoms with Crippen molar-refractivity contribution >= 4 is 29.4 Å². The molecule has 0 aliphatic carbocycles. The van der Waals surface area contributed by atoms with Crippen LogP contribution in [0.5, 0.6) is 0 Å². The van der Waals surface area contributed by atoms with Crippen LogP contribution in [0.1, 0.15) is 11.4 Å². The molecule has 94 valence electrons. The predicted octanol–water partition coefficient (Wildman–Crippen LogP) is -0.844. The summed E-state index contributed by atoms with van der Waals surface area (Å²) in [5.74, 6) is 0.416. The van der Waals surface area contributed by atoms with E-state index in [-0.39, 0.29) is 17.4 Å². The molecule has 3 heterocycles. The number of fused-ring (bicyclic) bond motifs is 1. The smallest absolute Gasteiger partial charge is 0.221 e. The van der Waals surface area contributed by atoms with Gasteiger partial charge in [-0.25, -0.2) is 14.6 Å². The number of hydrogen-bond acceptors (Lipinski definition) is 10. The van der Waals surface area contributed by atoms with Crippen LogP contribution in [0.4, 0.5) is 0 Å². The molecule has 1 unspecified atom stereocenters. The Kier molecular flexibility index (Phi) is 2.37. The van der Waals surface area contributed by atoms with Crippen molar-refractivity contribution in [2.24, 2.45) is 21.5 Å². The van der Waals surface area contributed by atoms with Crippen LogP contribution >= 0.6 is 11.8 Å². The molecule has 0 fully saturated rings. The van der Waals surface area contributed by atoms with Gasteiger partial charge in [0.2, 0.25) is 11.9 Å². The first kappa shape index (κ1) is 10.9. The van der Waals surface area contributed by atoms with E-state index in [2.05, 4.69) is 30.4 Å². The molecule has 2 aliphatic heterocycles. The first-order chi connectivity index (χ1) is 8.65. The highest BCUT2D eigenvalue weighted by Gasteiger charge is 2.30. The number of hydrazine groups is 1. The van der Waals surface area contributed by atoms with E-state index in [0.717, 1.165) is 5.70 Å². The highest BCUT2D eigenvalue weighted by Crippen LogP contribution is 2.29. The summed E-state index contributed by atoms with van der Waals surface area (Å²) in [4.78, 5) is 8.03. The van der Waals surface area contributed by atoms with E-state index < -0.39 is 0 Å². The lowest BCUT2D eigenvalue weighted by Crippen LogP contribution is -2.54. The van der Waals surface area contributed by atoms with Gasteiger partial charge in [0, 0.05) is 5.41 Å². The minimum Gasteiger partial charge on any atom is -0.368 e. The van der Waals surface area contributed by atoms with Crippen LogP contribution in [-0.2, 0) is 0 Å². The SMILES string of the molecule is Cc1nonc1C1=CSC2N=C(N)N=C(N)N2N1. The lowest BCUT2D eigenvalue weighted by Gasteiger charge is -2.35. The minimum absolute atomic E-state index is 0.166. The van der Waals surface area contributed by atoms with Gasteiger partial charge < -0.3 is 11.5 Å². The van der Waals surface area contributed by atoms with Crippen LogP contribution in [0, 0.1) is 6.92 Å². The van der Waals surface area contributed by atoms with Crippen molar-refractivity contribution in [3.8, 4) is 0 Å². The van der Waals surface area contributed by atoms with Crippen molar-refractivity contribution in [1.29, 1.82) is 0 Å². The van der Waals surface area contributed by atoms with Crippen molar-refractivity contribution < 1.29 is 4.63 Å². The first-order valence-electron chi connectivity index (χ1n) is 5.03. The topological polar surface area (TPSA) is 131 Å². The lowest BCUT2D eigenvalue weighted by atomic mass is 10.3. The second-order valence-corrected chi connectivity index (χ2v) is 4.56. The Morgan fingerprint density at radius 1 is 1.44 bits per heavy atom. The van der Waals surface area contributed by atoms with Gasteiger partial charge in [-0.15, -0.1) is 0 Å². The summed E-state index contributed by atoms with van der Waals surface area (Å²) in [6.07, 6.45) is 0. The molecule has 0 aromatic carbocycles. The maximum absolute atomic E-state index is 5.79. The monoisotopic (exact) mass is 266 g/mol. The third-order valence-corrected chi connectivity index (χ3v) is 3.33. The van der Waals surface area contributed by atoms with Gasteiger partial charge in [0.1, 0.15) is 5.69 Å². The summed E-state index contributed by atoms with van der Waals surface area (Å²) >= 11 is 1.43. The van der Waals surface area contributed by atoms with Crippen LogP contribution in [-0.4, -0.2) is 32.7 Å². The summed E-state index contributed by atoms with van der Waals surface area (Å²) < 4.78 is 4.66. The maximum atomic E-state index is 5.79. The van der Waals surface area contributed by atoms with Crippen molar-refractivity contribution in [2.75, 3.05) is 0 Å². The Hall–Kier alpha value is -2.23. The Bertz CT molecular complexity index is 575. The van der Waals surface area contributed by atoms with Crippen LogP contribution in [0.25, 0.3) is 5.70 Å². The largest absolute Gasteiger partial charge is 0.368 e. The van der Waals surface area contributed by atoms with E-state index in [0.29, 0.717) is 11.4 Å². The van der Waals surface area contributed by atoms with Crippen molar-refractivity contribution in [3.63, 3.8) is 0 Å². The molecule has 18 heavy (non-hydrogen) atoms. The first-order valence-corrected chi connectivity index (χ1v) is 5.98. The molecule has 9 nitrogen and oxygen atoms in total. The number of thioether (sulfide) groups is 1. The molecule has 5 N–H and O–H groups in total. The fourth-order valence-corrected chi connectivity index (χ4v) is 2.43. The van der Waals surface area contributed by atoms with Gasteiger partial charge in [-0.05, 0) is 12.1 Å². The second-order valence-electron chi connectivity index (χ2n) is 3.63. The van der Waals surface area contributed by atoms with Gasteiger partial charge in [-0.3, -0.25) is 5.43 Å². The fourth-order valence-electron chi connectivity index (χ4n) is 1.56. The number of nitrogens with two attached hydrogens (primary N) is 2. The van der Waals surface area contributed by atoms with E-state index in [1.165, 1.54) is 11.8 Å². The third-order valence-electron chi connectivity index (χ3n) is 2.40. The molecule has 1 aromatic rings. The predicted molar refractivity (Wildman–Crippen MR) is 66.6 cm³/mol. The van der Waals surface area contributed by atoms with E-state index in [1.54, 1.807) is 11.9 Å².